The number of amides is 1. The van der Waals surface area contributed by atoms with Gasteiger partial charge >= 0.3 is 0 Å². The van der Waals surface area contributed by atoms with Crippen molar-refractivity contribution in [3.05, 3.63) is 53.6 Å². The van der Waals surface area contributed by atoms with Crippen LogP contribution in [0.25, 0.3) is 0 Å². The Morgan fingerprint density at radius 3 is 2.65 bits per heavy atom. The molecule has 1 atom stereocenters. The highest BCUT2D eigenvalue weighted by atomic mass is 16.5. The van der Waals surface area contributed by atoms with Gasteiger partial charge in [0.1, 0.15) is 11.5 Å². The number of carbonyl (C=O) groups is 1. The number of rotatable bonds is 4. The summed E-state index contributed by atoms with van der Waals surface area (Å²) in [6.45, 7) is 3.26. The Morgan fingerprint density at radius 1 is 1.22 bits per heavy atom. The van der Waals surface area contributed by atoms with E-state index in [0.29, 0.717) is 18.8 Å². The minimum absolute atomic E-state index is 0.0935. The average molecular weight is 312 g/mol. The first-order valence-corrected chi connectivity index (χ1v) is 7.62. The van der Waals surface area contributed by atoms with E-state index < -0.39 is 6.10 Å². The van der Waals surface area contributed by atoms with Crippen molar-refractivity contribution in [2.75, 3.05) is 25.0 Å². The van der Waals surface area contributed by atoms with Crippen LogP contribution in [0.5, 0.6) is 11.5 Å². The summed E-state index contributed by atoms with van der Waals surface area (Å²) in [6.07, 6.45) is -0.692. The van der Waals surface area contributed by atoms with Crippen LogP contribution in [-0.4, -0.2) is 31.2 Å². The zero-order valence-corrected chi connectivity index (χ0v) is 13.2. The van der Waals surface area contributed by atoms with E-state index in [1.54, 1.807) is 29.2 Å². The molecule has 0 aliphatic carbocycles. The third kappa shape index (κ3) is 3.00. The minimum atomic E-state index is -0.692. The molecule has 2 N–H and O–H groups in total. The Bertz CT molecular complexity index is 713. The zero-order chi connectivity index (χ0) is 16.4. The molecule has 3 rings (SSSR count). The summed E-state index contributed by atoms with van der Waals surface area (Å²) < 4.78 is 5.94. The van der Waals surface area contributed by atoms with Crippen molar-refractivity contribution in [2.24, 2.45) is 0 Å². The van der Waals surface area contributed by atoms with Crippen LogP contribution in [-0.2, 0) is 4.79 Å². The van der Waals surface area contributed by atoms with Gasteiger partial charge in [-0.1, -0.05) is 18.2 Å². The van der Waals surface area contributed by atoms with Gasteiger partial charge in [-0.25, -0.2) is 0 Å². The van der Waals surface area contributed by atoms with Crippen molar-refractivity contribution in [1.29, 1.82) is 0 Å². The van der Waals surface area contributed by atoms with Gasteiger partial charge in [-0.05, 0) is 43.8 Å². The van der Waals surface area contributed by atoms with Gasteiger partial charge in [-0.3, -0.25) is 4.79 Å². The summed E-state index contributed by atoms with van der Waals surface area (Å²) in [5.74, 6) is 0.772. The lowest BCUT2D eigenvalue weighted by molar-refractivity contribution is -0.126. The molecule has 0 radical (unpaired) electrons. The number of ether oxygens (including phenoxy) is 1. The second-order valence-electron chi connectivity index (χ2n) is 5.65. The molecule has 0 bridgehead atoms. The first-order valence-electron chi connectivity index (χ1n) is 7.62. The van der Waals surface area contributed by atoms with E-state index in [-0.39, 0.29) is 11.7 Å². The number of nitrogens with zero attached hydrogens (tertiary/aromatic N) is 1. The molecule has 0 unspecified atom stereocenters. The smallest absolute Gasteiger partial charge is 0.272 e. The van der Waals surface area contributed by atoms with E-state index in [1.807, 2.05) is 32.2 Å². The Morgan fingerprint density at radius 2 is 1.96 bits per heavy atom. The summed E-state index contributed by atoms with van der Waals surface area (Å²) in [5, 5.41) is 12.5. The maximum absolute atomic E-state index is 12.9. The first kappa shape index (κ1) is 15.4. The number of nitrogens with one attached hydrogen (secondary N) is 1. The van der Waals surface area contributed by atoms with Crippen molar-refractivity contribution in [2.45, 2.75) is 13.0 Å². The summed E-state index contributed by atoms with van der Waals surface area (Å²) in [6, 6.07) is 12.4. The van der Waals surface area contributed by atoms with E-state index in [0.717, 1.165) is 16.8 Å². The number of hydrogen-bond donors (Lipinski definition) is 2. The second kappa shape index (κ2) is 6.30. The minimum Gasteiger partial charge on any atom is -0.508 e. The maximum Gasteiger partial charge on any atom is 0.272 e. The molecule has 1 heterocycles. The Labute approximate surface area is 135 Å². The number of fused-ring (bicyclic) bond motifs is 1. The third-order valence-electron chi connectivity index (χ3n) is 3.92. The predicted octanol–water partition coefficient (Wildman–Crippen LogP) is 2.39. The summed E-state index contributed by atoms with van der Waals surface area (Å²) in [4.78, 5) is 14.7. The van der Waals surface area contributed by atoms with Crippen molar-refractivity contribution >= 4 is 11.6 Å². The topological polar surface area (TPSA) is 61.8 Å². The number of anilines is 1. The van der Waals surface area contributed by atoms with Gasteiger partial charge in [0.05, 0.1) is 5.69 Å². The van der Waals surface area contributed by atoms with Gasteiger partial charge in [0, 0.05) is 18.7 Å². The van der Waals surface area contributed by atoms with E-state index in [4.69, 9.17) is 4.74 Å². The molecule has 1 aliphatic rings. The third-order valence-corrected chi connectivity index (χ3v) is 3.92. The first-order chi connectivity index (χ1) is 11.1. The number of carbonyl (C=O) groups excluding carboxylic acids is 1. The number of hydrogen-bond acceptors (Lipinski definition) is 4. The van der Waals surface area contributed by atoms with Crippen molar-refractivity contribution in [3.8, 4) is 11.5 Å². The van der Waals surface area contributed by atoms with E-state index >= 15 is 0 Å². The van der Waals surface area contributed by atoms with Crippen LogP contribution >= 0.6 is 0 Å². The highest BCUT2D eigenvalue weighted by molar-refractivity contribution is 6.00. The van der Waals surface area contributed by atoms with Crippen molar-refractivity contribution in [3.63, 3.8) is 0 Å². The molecule has 23 heavy (non-hydrogen) atoms. The molecule has 2 aromatic carbocycles. The van der Waals surface area contributed by atoms with Crippen LogP contribution in [0, 0.1) is 6.92 Å². The standard InChI is InChI=1S/C18H20N2O3/c1-12-3-8-16-15(11-12)20(10-9-19-2)18(22)17(23-16)13-4-6-14(21)7-5-13/h3-8,11,17,19,21H,9-10H2,1-2H3/t17-/m0/s1. The van der Waals surface area contributed by atoms with Crippen LogP contribution in [0.1, 0.15) is 17.2 Å². The normalized spacial score (nSPS) is 16.9. The van der Waals surface area contributed by atoms with Crippen LogP contribution in [0.4, 0.5) is 5.69 Å². The lowest BCUT2D eigenvalue weighted by Gasteiger charge is -2.34. The molecule has 120 valence electrons. The number of phenolic OH excluding ortho intramolecular Hbond substituents is 1. The average Bonchev–Trinajstić information content (AvgIpc) is 2.55. The largest absolute Gasteiger partial charge is 0.508 e. The Balaban J connectivity index is 2.00. The zero-order valence-electron chi connectivity index (χ0n) is 13.2. The summed E-state index contributed by atoms with van der Waals surface area (Å²) in [7, 11) is 1.86. The number of aryl methyl sites for hydroxylation is 1. The molecule has 0 aromatic heterocycles. The SMILES string of the molecule is CNCCN1C(=O)[C@H](c2ccc(O)cc2)Oc2ccc(C)cc21. The fraction of sp³-hybridized carbons (Fsp3) is 0.278. The highest BCUT2D eigenvalue weighted by Gasteiger charge is 2.35. The molecule has 0 saturated heterocycles. The van der Waals surface area contributed by atoms with Gasteiger partial charge in [0.15, 0.2) is 0 Å². The maximum atomic E-state index is 12.9. The number of likely N-dealkylation sites (N-methyl/N-ethyl adjacent to an activating group) is 1. The van der Waals surface area contributed by atoms with Gasteiger partial charge in [-0.15, -0.1) is 0 Å². The quantitative estimate of drug-likeness (QED) is 0.910. The van der Waals surface area contributed by atoms with Crippen LogP contribution in [0.15, 0.2) is 42.5 Å². The molecule has 0 fully saturated rings. The monoisotopic (exact) mass is 312 g/mol. The number of benzene rings is 2. The van der Waals surface area contributed by atoms with Gasteiger partial charge in [0.2, 0.25) is 6.10 Å². The van der Waals surface area contributed by atoms with Gasteiger partial charge in [-0.2, -0.15) is 0 Å². The van der Waals surface area contributed by atoms with Gasteiger partial charge < -0.3 is 20.1 Å². The molecular formula is C18H20N2O3. The molecule has 5 nitrogen and oxygen atoms in total. The van der Waals surface area contributed by atoms with Crippen molar-refractivity contribution < 1.29 is 14.6 Å². The molecule has 5 heteroatoms. The van der Waals surface area contributed by atoms with Crippen LogP contribution in [0.2, 0.25) is 0 Å². The van der Waals surface area contributed by atoms with Crippen LogP contribution < -0.4 is 15.0 Å². The fourth-order valence-electron chi connectivity index (χ4n) is 2.69. The molecule has 0 spiro atoms. The van der Waals surface area contributed by atoms with Crippen molar-refractivity contribution in [1.82, 2.24) is 5.32 Å². The van der Waals surface area contributed by atoms with E-state index in [2.05, 4.69) is 5.32 Å². The second-order valence-corrected chi connectivity index (χ2v) is 5.65. The Kier molecular flexibility index (Phi) is 4.21. The summed E-state index contributed by atoms with van der Waals surface area (Å²) >= 11 is 0. The van der Waals surface area contributed by atoms with E-state index in [9.17, 15) is 9.90 Å². The predicted molar refractivity (Wildman–Crippen MR) is 88.9 cm³/mol. The molecule has 1 amide bonds. The van der Waals surface area contributed by atoms with Crippen LogP contribution in [0.3, 0.4) is 0 Å². The molecule has 1 aliphatic heterocycles. The Hall–Kier alpha value is -2.53. The fourth-order valence-corrected chi connectivity index (χ4v) is 2.69. The number of aromatic hydroxyl groups is 1. The highest BCUT2D eigenvalue weighted by Crippen LogP contribution is 2.39. The summed E-state index contributed by atoms with van der Waals surface area (Å²) in [5.41, 5.74) is 2.62. The lowest BCUT2D eigenvalue weighted by Crippen LogP contribution is -2.44. The lowest BCUT2D eigenvalue weighted by atomic mass is 10.0. The van der Waals surface area contributed by atoms with Gasteiger partial charge in [0.25, 0.3) is 5.91 Å². The number of phenols is 1. The molecule has 2 aromatic rings. The molecule has 0 saturated carbocycles. The van der Waals surface area contributed by atoms with E-state index in [1.165, 1.54) is 0 Å². The molecular weight excluding hydrogens is 292 g/mol.